The molecule has 0 saturated carbocycles. The van der Waals surface area contributed by atoms with Crippen LogP contribution in [-0.2, 0) is 11.4 Å². The third-order valence-corrected chi connectivity index (χ3v) is 5.34. The minimum absolute atomic E-state index is 0.0895. The van der Waals surface area contributed by atoms with E-state index in [4.69, 9.17) is 9.47 Å². The minimum Gasteiger partial charge on any atom is -0.491 e. The summed E-state index contributed by atoms with van der Waals surface area (Å²) in [6.45, 7) is 5.31. The monoisotopic (exact) mass is 422 g/mol. The third kappa shape index (κ3) is 6.19. The van der Waals surface area contributed by atoms with Crippen molar-refractivity contribution in [3.05, 3.63) is 81.8 Å². The van der Waals surface area contributed by atoms with Gasteiger partial charge in [-0.3, -0.25) is 4.79 Å². The molecule has 0 aliphatic heterocycles. The summed E-state index contributed by atoms with van der Waals surface area (Å²) in [6.07, 6.45) is 3.34. The molecule has 0 unspecified atom stereocenters. The van der Waals surface area contributed by atoms with Gasteiger partial charge in [0.15, 0.2) is 0 Å². The van der Waals surface area contributed by atoms with Crippen molar-refractivity contribution in [3.8, 4) is 11.5 Å². The van der Waals surface area contributed by atoms with Gasteiger partial charge in [-0.05, 0) is 37.6 Å². The van der Waals surface area contributed by atoms with Gasteiger partial charge in [-0.1, -0.05) is 36.4 Å². The van der Waals surface area contributed by atoms with Gasteiger partial charge in [-0.25, -0.2) is 4.98 Å². The van der Waals surface area contributed by atoms with E-state index in [0.717, 1.165) is 33.3 Å². The number of hydrogen-bond donors (Lipinski definition) is 0. The smallest absolute Gasteiger partial charge is 0.246 e. The zero-order valence-corrected chi connectivity index (χ0v) is 18.3. The summed E-state index contributed by atoms with van der Waals surface area (Å²) in [5, 5.41) is 3.01. The Morgan fingerprint density at radius 3 is 2.53 bits per heavy atom. The Kier molecular flexibility index (Phi) is 7.63. The SMILES string of the molecule is Cc1nc(COc2ccccc2/C=C/C(=O)N(C)CCOc2ccccc2C)cs1. The summed E-state index contributed by atoms with van der Waals surface area (Å²) in [5.74, 6) is 1.47. The number of thiazole rings is 1. The Morgan fingerprint density at radius 2 is 1.80 bits per heavy atom. The Morgan fingerprint density at radius 1 is 1.07 bits per heavy atom. The van der Waals surface area contributed by atoms with Crippen LogP contribution < -0.4 is 9.47 Å². The van der Waals surface area contributed by atoms with Crippen LogP contribution in [0, 0.1) is 13.8 Å². The lowest BCUT2D eigenvalue weighted by molar-refractivity contribution is -0.125. The summed E-state index contributed by atoms with van der Waals surface area (Å²) < 4.78 is 11.7. The zero-order chi connectivity index (χ0) is 21.3. The second-order valence-electron chi connectivity index (χ2n) is 6.89. The van der Waals surface area contributed by atoms with Crippen LogP contribution in [0.3, 0.4) is 0 Å². The van der Waals surface area contributed by atoms with E-state index in [1.165, 1.54) is 0 Å². The highest BCUT2D eigenvalue weighted by Crippen LogP contribution is 2.21. The number of para-hydroxylation sites is 2. The maximum absolute atomic E-state index is 12.5. The third-order valence-electron chi connectivity index (χ3n) is 4.52. The van der Waals surface area contributed by atoms with Crippen molar-refractivity contribution in [2.24, 2.45) is 0 Å². The van der Waals surface area contributed by atoms with Gasteiger partial charge in [0.25, 0.3) is 0 Å². The first-order valence-corrected chi connectivity index (χ1v) is 10.7. The Labute approximate surface area is 181 Å². The lowest BCUT2D eigenvalue weighted by Crippen LogP contribution is -2.29. The Balaban J connectivity index is 1.53. The standard InChI is InChI=1S/C24H26N2O3S/c1-18-8-4-6-10-22(18)28-15-14-26(3)24(27)13-12-20-9-5-7-11-23(20)29-16-21-17-30-19(2)25-21/h4-13,17H,14-16H2,1-3H3/b13-12+. The molecular weight excluding hydrogens is 396 g/mol. The molecule has 2 aromatic carbocycles. The summed E-state index contributed by atoms with van der Waals surface area (Å²) >= 11 is 1.60. The van der Waals surface area contributed by atoms with Gasteiger partial charge in [0.1, 0.15) is 24.7 Å². The topological polar surface area (TPSA) is 51.7 Å². The summed E-state index contributed by atoms with van der Waals surface area (Å²) in [5.41, 5.74) is 2.83. The van der Waals surface area contributed by atoms with Gasteiger partial charge in [0, 0.05) is 24.1 Å². The quantitative estimate of drug-likeness (QED) is 0.461. The Bertz CT molecular complexity index is 1010. The van der Waals surface area contributed by atoms with E-state index in [1.807, 2.05) is 67.8 Å². The van der Waals surface area contributed by atoms with Gasteiger partial charge in [-0.2, -0.15) is 0 Å². The second kappa shape index (κ2) is 10.6. The zero-order valence-electron chi connectivity index (χ0n) is 17.5. The van der Waals surface area contributed by atoms with E-state index in [9.17, 15) is 4.79 Å². The number of rotatable bonds is 9. The highest BCUT2D eigenvalue weighted by molar-refractivity contribution is 7.09. The molecule has 1 amide bonds. The molecule has 0 bridgehead atoms. The van der Waals surface area contributed by atoms with Crippen LogP contribution in [0.1, 0.15) is 21.8 Å². The number of carbonyl (C=O) groups excluding carboxylic acids is 1. The molecule has 0 fully saturated rings. The maximum Gasteiger partial charge on any atom is 0.246 e. The molecule has 1 heterocycles. The number of benzene rings is 2. The second-order valence-corrected chi connectivity index (χ2v) is 7.95. The van der Waals surface area contributed by atoms with E-state index in [1.54, 1.807) is 35.4 Å². The van der Waals surface area contributed by atoms with Crippen LogP contribution in [0.5, 0.6) is 11.5 Å². The molecule has 0 spiro atoms. The van der Waals surface area contributed by atoms with Crippen molar-refractivity contribution in [2.75, 3.05) is 20.2 Å². The first-order chi connectivity index (χ1) is 14.5. The summed E-state index contributed by atoms with van der Waals surface area (Å²) in [6, 6.07) is 15.5. The predicted molar refractivity (Wildman–Crippen MR) is 121 cm³/mol. The average molecular weight is 423 g/mol. The molecule has 0 N–H and O–H groups in total. The van der Waals surface area contributed by atoms with Crippen LogP contribution in [0.25, 0.3) is 6.08 Å². The number of likely N-dealkylation sites (N-methyl/N-ethyl adjacent to an activating group) is 1. The number of nitrogens with zero attached hydrogens (tertiary/aromatic N) is 2. The number of hydrogen-bond acceptors (Lipinski definition) is 5. The van der Waals surface area contributed by atoms with E-state index >= 15 is 0 Å². The van der Waals surface area contributed by atoms with Crippen LogP contribution in [0.2, 0.25) is 0 Å². The van der Waals surface area contributed by atoms with Crippen molar-refractivity contribution in [1.82, 2.24) is 9.88 Å². The van der Waals surface area contributed by atoms with Crippen LogP contribution in [0.4, 0.5) is 0 Å². The molecule has 5 nitrogen and oxygen atoms in total. The van der Waals surface area contributed by atoms with Gasteiger partial charge in [0.05, 0.1) is 17.2 Å². The highest BCUT2D eigenvalue weighted by Gasteiger charge is 2.07. The number of ether oxygens (including phenoxy) is 2. The molecule has 30 heavy (non-hydrogen) atoms. The largest absolute Gasteiger partial charge is 0.491 e. The molecule has 3 aromatic rings. The predicted octanol–water partition coefficient (Wildman–Crippen LogP) is 4.89. The van der Waals surface area contributed by atoms with Crippen molar-refractivity contribution >= 4 is 23.3 Å². The summed E-state index contributed by atoms with van der Waals surface area (Å²) in [4.78, 5) is 18.5. The molecule has 0 atom stereocenters. The number of aromatic nitrogens is 1. The molecule has 3 rings (SSSR count). The summed E-state index contributed by atoms with van der Waals surface area (Å²) in [7, 11) is 1.76. The van der Waals surface area contributed by atoms with Gasteiger partial charge >= 0.3 is 0 Å². The molecule has 0 aliphatic rings. The average Bonchev–Trinajstić information content (AvgIpc) is 3.17. The minimum atomic E-state index is -0.0895. The molecule has 0 radical (unpaired) electrons. The van der Waals surface area contributed by atoms with Crippen LogP contribution in [0.15, 0.2) is 60.0 Å². The van der Waals surface area contributed by atoms with Crippen molar-refractivity contribution in [2.45, 2.75) is 20.5 Å². The van der Waals surface area contributed by atoms with Crippen LogP contribution >= 0.6 is 11.3 Å². The number of carbonyl (C=O) groups is 1. The van der Waals surface area contributed by atoms with E-state index in [0.29, 0.717) is 19.8 Å². The molecule has 156 valence electrons. The number of amides is 1. The lowest BCUT2D eigenvalue weighted by atomic mass is 10.2. The highest BCUT2D eigenvalue weighted by atomic mass is 32.1. The van der Waals surface area contributed by atoms with Gasteiger partial charge in [-0.15, -0.1) is 11.3 Å². The fraction of sp³-hybridized carbons (Fsp3) is 0.250. The van der Waals surface area contributed by atoms with Crippen LogP contribution in [-0.4, -0.2) is 36.0 Å². The van der Waals surface area contributed by atoms with Crippen molar-refractivity contribution in [1.29, 1.82) is 0 Å². The number of aryl methyl sites for hydroxylation is 2. The van der Waals surface area contributed by atoms with Gasteiger partial charge < -0.3 is 14.4 Å². The normalized spacial score (nSPS) is 10.9. The maximum atomic E-state index is 12.5. The van der Waals surface area contributed by atoms with Crippen molar-refractivity contribution in [3.63, 3.8) is 0 Å². The van der Waals surface area contributed by atoms with E-state index < -0.39 is 0 Å². The lowest BCUT2D eigenvalue weighted by Gasteiger charge is -2.16. The fourth-order valence-corrected chi connectivity index (χ4v) is 3.38. The first kappa shape index (κ1) is 21.6. The molecule has 6 heteroatoms. The molecule has 0 aliphatic carbocycles. The van der Waals surface area contributed by atoms with E-state index in [2.05, 4.69) is 4.98 Å². The van der Waals surface area contributed by atoms with Crippen molar-refractivity contribution < 1.29 is 14.3 Å². The molecular formula is C24H26N2O3S. The molecule has 1 aromatic heterocycles. The Hall–Kier alpha value is -3.12. The first-order valence-electron chi connectivity index (χ1n) is 9.77. The van der Waals surface area contributed by atoms with E-state index in [-0.39, 0.29) is 5.91 Å². The van der Waals surface area contributed by atoms with Gasteiger partial charge in [0.2, 0.25) is 5.91 Å². The fourth-order valence-electron chi connectivity index (χ4n) is 2.79. The molecule has 0 saturated heterocycles.